The van der Waals surface area contributed by atoms with E-state index in [1.807, 2.05) is 4.90 Å². The maximum Gasteiger partial charge on any atom is 0.260 e. The number of halogens is 1. The van der Waals surface area contributed by atoms with Crippen molar-refractivity contribution in [3.05, 3.63) is 41.4 Å². The number of ether oxygens (including phenoxy) is 1. The second-order valence-electron chi connectivity index (χ2n) is 6.57. The van der Waals surface area contributed by atoms with Gasteiger partial charge in [-0.3, -0.25) is 9.69 Å². The SMILES string of the molecule is O=C(COc1ccc(Cl)cc1)N1CCN(C[C@@H]2CC=CCC2)CC1. The van der Waals surface area contributed by atoms with Gasteiger partial charge in [-0.05, 0) is 49.4 Å². The van der Waals surface area contributed by atoms with Crippen molar-refractivity contribution in [2.24, 2.45) is 5.92 Å². The summed E-state index contributed by atoms with van der Waals surface area (Å²) in [6.07, 6.45) is 8.31. The molecule has 130 valence electrons. The van der Waals surface area contributed by atoms with Gasteiger partial charge < -0.3 is 9.64 Å². The van der Waals surface area contributed by atoms with Gasteiger partial charge in [-0.25, -0.2) is 0 Å². The Kier molecular flexibility index (Phi) is 6.16. The number of carbonyl (C=O) groups is 1. The van der Waals surface area contributed by atoms with Gasteiger partial charge in [0.1, 0.15) is 5.75 Å². The normalized spacial score (nSPS) is 21.7. The molecule has 0 radical (unpaired) electrons. The molecule has 1 aliphatic heterocycles. The summed E-state index contributed by atoms with van der Waals surface area (Å²) >= 11 is 5.84. The molecule has 0 N–H and O–H groups in total. The third kappa shape index (κ3) is 4.99. The first-order valence-electron chi connectivity index (χ1n) is 8.74. The minimum atomic E-state index is 0.0604. The lowest BCUT2D eigenvalue weighted by Gasteiger charge is -2.36. The number of amides is 1. The number of hydrogen-bond donors (Lipinski definition) is 0. The molecule has 0 saturated carbocycles. The highest BCUT2D eigenvalue weighted by molar-refractivity contribution is 6.30. The molecule has 0 aromatic heterocycles. The van der Waals surface area contributed by atoms with Crippen molar-refractivity contribution in [2.45, 2.75) is 19.3 Å². The molecule has 1 saturated heterocycles. The average molecular weight is 349 g/mol. The fourth-order valence-corrected chi connectivity index (χ4v) is 3.46. The van der Waals surface area contributed by atoms with Crippen molar-refractivity contribution in [3.63, 3.8) is 0 Å². The van der Waals surface area contributed by atoms with E-state index >= 15 is 0 Å². The van der Waals surface area contributed by atoms with E-state index in [1.54, 1.807) is 24.3 Å². The van der Waals surface area contributed by atoms with Crippen molar-refractivity contribution < 1.29 is 9.53 Å². The molecule has 0 spiro atoms. The Morgan fingerprint density at radius 2 is 1.88 bits per heavy atom. The van der Waals surface area contributed by atoms with Crippen LogP contribution in [-0.2, 0) is 4.79 Å². The summed E-state index contributed by atoms with van der Waals surface area (Å²) < 4.78 is 5.55. The average Bonchev–Trinajstić information content (AvgIpc) is 2.62. The molecule has 1 aromatic carbocycles. The molecule has 1 atom stereocenters. The maximum atomic E-state index is 12.3. The van der Waals surface area contributed by atoms with Gasteiger partial charge in [-0.1, -0.05) is 23.8 Å². The summed E-state index contributed by atoms with van der Waals surface area (Å²) in [7, 11) is 0. The van der Waals surface area contributed by atoms with E-state index in [0.29, 0.717) is 10.8 Å². The molecule has 2 aliphatic rings. The van der Waals surface area contributed by atoms with Crippen molar-refractivity contribution in [1.29, 1.82) is 0 Å². The first-order valence-corrected chi connectivity index (χ1v) is 9.12. The Morgan fingerprint density at radius 3 is 2.54 bits per heavy atom. The van der Waals surface area contributed by atoms with Gasteiger partial charge in [-0.2, -0.15) is 0 Å². The highest BCUT2D eigenvalue weighted by atomic mass is 35.5. The van der Waals surface area contributed by atoms with Gasteiger partial charge in [-0.15, -0.1) is 0 Å². The zero-order valence-corrected chi connectivity index (χ0v) is 14.8. The molecule has 24 heavy (non-hydrogen) atoms. The summed E-state index contributed by atoms with van der Waals surface area (Å²) in [5, 5.41) is 0.665. The molecule has 1 aromatic rings. The second kappa shape index (κ2) is 8.54. The van der Waals surface area contributed by atoms with E-state index in [4.69, 9.17) is 16.3 Å². The van der Waals surface area contributed by atoms with Crippen LogP contribution in [0.15, 0.2) is 36.4 Å². The van der Waals surface area contributed by atoms with Crippen LogP contribution in [0.3, 0.4) is 0 Å². The van der Waals surface area contributed by atoms with Crippen LogP contribution in [0, 0.1) is 5.92 Å². The zero-order valence-electron chi connectivity index (χ0n) is 14.0. The Balaban J connectivity index is 1.38. The molecule has 1 amide bonds. The lowest BCUT2D eigenvalue weighted by Crippen LogP contribution is -2.50. The van der Waals surface area contributed by atoms with Gasteiger partial charge in [0.2, 0.25) is 0 Å². The number of carbonyl (C=O) groups excluding carboxylic acids is 1. The van der Waals surface area contributed by atoms with Gasteiger partial charge >= 0.3 is 0 Å². The second-order valence-corrected chi connectivity index (χ2v) is 7.01. The fourth-order valence-electron chi connectivity index (χ4n) is 3.33. The zero-order chi connectivity index (χ0) is 16.8. The summed E-state index contributed by atoms with van der Waals surface area (Å²) in [5.41, 5.74) is 0. The molecule has 5 heteroatoms. The van der Waals surface area contributed by atoms with E-state index in [2.05, 4.69) is 17.1 Å². The van der Waals surface area contributed by atoms with Gasteiger partial charge in [0, 0.05) is 37.7 Å². The minimum absolute atomic E-state index is 0.0604. The topological polar surface area (TPSA) is 32.8 Å². The van der Waals surface area contributed by atoms with Crippen LogP contribution in [0.5, 0.6) is 5.75 Å². The third-order valence-corrected chi connectivity index (χ3v) is 5.05. The van der Waals surface area contributed by atoms with E-state index in [-0.39, 0.29) is 12.5 Å². The molecule has 1 fully saturated rings. The Labute approximate surface area is 149 Å². The van der Waals surface area contributed by atoms with Gasteiger partial charge in [0.05, 0.1) is 0 Å². The lowest BCUT2D eigenvalue weighted by atomic mass is 9.94. The van der Waals surface area contributed by atoms with Crippen LogP contribution in [0.2, 0.25) is 5.02 Å². The first kappa shape index (κ1) is 17.3. The van der Waals surface area contributed by atoms with Crippen LogP contribution in [0.25, 0.3) is 0 Å². The largest absolute Gasteiger partial charge is 0.484 e. The molecule has 0 bridgehead atoms. The molecule has 1 heterocycles. The van der Waals surface area contributed by atoms with Crippen molar-refractivity contribution in [2.75, 3.05) is 39.3 Å². The van der Waals surface area contributed by atoms with Crippen molar-refractivity contribution in [1.82, 2.24) is 9.80 Å². The van der Waals surface area contributed by atoms with Crippen LogP contribution in [-0.4, -0.2) is 55.0 Å². The quantitative estimate of drug-likeness (QED) is 0.766. The predicted molar refractivity (Wildman–Crippen MR) is 96.4 cm³/mol. The van der Waals surface area contributed by atoms with Crippen LogP contribution in [0.4, 0.5) is 0 Å². The predicted octanol–water partition coefficient (Wildman–Crippen LogP) is 3.22. The highest BCUT2D eigenvalue weighted by Gasteiger charge is 2.23. The van der Waals surface area contributed by atoms with Gasteiger partial charge in [0.25, 0.3) is 5.91 Å². The van der Waals surface area contributed by atoms with E-state index in [1.165, 1.54) is 19.3 Å². The van der Waals surface area contributed by atoms with E-state index < -0.39 is 0 Å². The number of benzene rings is 1. The Hall–Kier alpha value is -1.52. The number of rotatable bonds is 5. The first-order chi connectivity index (χ1) is 11.7. The maximum absolute atomic E-state index is 12.3. The van der Waals surface area contributed by atoms with Gasteiger partial charge in [0.15, 0.2) is 6.61 Å². The Morgan fingerprint density at radius 1 is 1.12 bits per heavy atom. The van der Waals surface area contributed by atoms with Crippen LogP contribution < -0.4 is 4.74 Å². The summed E-state index contributed by atoms with van der Waals surface area (Å²) in [6.45, 7) is 4.78. The monoisotopic (exact) mass is 348 g/mol. The summed E-state index contributed by atoms with van der Waals surface area (Å²) in [6, 6.07) is 7.10. The van der Waals surface area contributed by atoms with Crippen LogP contribution >= 0.6 is 11.6 Å². The molecular weight excluding hydrogens is 324 g/mol. The summed E-state index contributed by atoms with van der Waals surface area (Å²) in [5.74, 6) is 1.52. The van der Waals surface area contributed by atoms with Crippen LogP contribution in [0.1, 0.15) is 19.3 Å². The standard InChI is InChI=1S/C19H25ClN2O2/c20-17-6-8-18(9-7-17)24-15-19(23)22-12-10-21(11-13-22)14-16-4-2-1-3-5-16/h1-2,6-9,16H,3-5,10-15H2/t16-/m1/s1. The molecular formula is C19H25ClN2O2. The van der Waals surface area contributed by atoms with E-state index in [0.717, 1.165) is 38.6 Å². The lowest BCUT2D eigenvalue weighted by molar-refractivity contribution is -0.135. The van der Waals surface area contributed by atoms with E-state index in [9.17, 15) is 4.79 Å². The molecule has 0 unspecified atom stereocenters. The highest BCUT2D eigenvalue weighted by Crippen LogP contribution is 2.20. The number of piperazine rings is 1. The smallest absolute Gasteiger partial charge is 0.260 e. The van der Waals surface area contributed by atoms with Crippen molar-refractivity contribution >= 4 is 17.5 Å². The number of hydrogen-bond acceptors (Lipinski definition) is 3. The number of nitrogens with zero attached hydrogens (tertiary/aromatic N) is 2. The third-order valence-electron chi connectivity index (χ3n) is 4.80. The molecule has 3 rings (SSSR count). The summed E-state index contributed by atoms with van der Waals surface area (Å²) in [4.78, 5) is 16.7. The molecule has 4 nitrogen and oxygen atoms in total. The fraction of sp³-hybridized carbons (Fsp3) is 0.526. The van der Waals surface area contributed by atoms with Crippen molar-refractivity contribution in [3.8, 4) is 5.75 Å². The Bertz CT molecular complexity index is 565. The number of allylic oxidation sites excluding steroid dienone is 2. The molecule has 1 aliphatic carbocycles. The minimum Gasteiger partial charge on any atom is -0.484 e.